The van der Waals surface area contributed by atoms with Gasteiger partial charge in [-0.05, 0) is 42.5 Å². The fourth-order valence-electron chi connectivity index (χ4n) is 3.55. The number of fused-ring (bicyclic) bond motifs is 1. The van der Waals surface area contributed by atoms with E-state index in [-0.39, 0.29) is 22.0 Å². The minimum Gasteiger partial charge on any atom is -0.325 e. The fourth-order valence-corrected chi connectivity index (χ4v) is 4.27. The maximum absolute atomic E-state index is 13.4. The minimum atomic E-state index is -4.68. The third-order valence-electron chi connectivity index (χ3n) is 5.24. The number of rotatable bonds is 6. The Morgan fingerprint density at radius 2 is 1.50 bits per heavy atom. The summed E-state index contributed by atoms with van der Waals surface area (Å²) < 4.78 is 78.8. The van der Waals surface area contributed by atoms with E-state index in [1.54, 1.807) is 24.3 Å². The number of anilines is 2. The van der Waals surface area contributed by atoms with Gasteiger partial charge in [0.15, 0.2) is 0 Å². The molecule has 2 amide bonds. The third kappa shape index (κ3) is 6.43. The molecule has 0 atom stereocenters. The molecule has 0 saturated carbocycles. The lowest BCUT2D eigenvalue weighted by molar-refractivity contribution is -0.138. The molecule has 0 unspecified atom stereocenters. The van der Waals surface area contributed by atoms with Gasteiger partial charge in [-0.3, -0.25) is 9.59 Å². The number of halogens is 6. The predicted molar refractivity (Wildman–Crippen MR) is 132 cm³/mol. The first kappa shape index (κ1) is 27.0. The van der Waals surface area contributed by atoms with E-state index in [4.69, 9.17) is 0 Å². The summed E-state index contributed by atoms with van der Waals surface area (Å²) in [6.45, 7) is 0. The van der Waals surface area contributed by atoms with Crippen molar-refractivity contribution in [3.8, 4) is 0 Å². The molecule has 12 heteroatoms. The van der Waals surface area contributed by atoms with Gasteiger partial charge in [0.25, 0.3) is 5.91 Å². The first-order valence-corrected chi connectivity index (χ1v) is 11.9. The molecule has 1 heterocycles. The average Bonchev–Trinajstić information content (AvgIpc) is 2.86. The van der Waals surface area contributed by atoms with Crippen LogP contribution < -0.4 is 10.6 Å². The highest BCUT2D eigenvalue weighted by molar-refractivity contribution is 7.99. The lowest BCUT2D eigenvalue weighted by Gasteiger charge is -2.15. The van der Waals surface area contributed by atoms with Gasteiger partial charge in [0.1, 0.15) is 0 Å². The Morgan fingerprint density at radius 3 is 2.24 bits per heavy atom. The Labute approximate surface area is 216 Å². The van der Waals surface area contributed by atoms with Gasteiger partial charge in [-0.1, -0.05) is 48.2 Å². The second-order valence-electron chi connectivity index (χ2n) is 7.94. The minimum absolute atomic E-state index is 0.0355. The SMILES string of the molecule is O=C(CSc1cc(C(=O)Nc2ccccc2C(F)(F)F)c2ccccc2n1)Nc1cccc(C(F)(F)F)c1. The Balaban J connectivity index is 1.54. The van der Waals surface area contributed by atoms with Gasteiger partial charge < -0.3 is 10.6 Å². The molecule has 5 nitrogen and oxygen atoms in total. The third-order valence-corrected chi connectivity index (χ3v) is 6.15. The number of hydrogen-bond acceptors (Lipinski definition) is 4. The number of carbonyl (C=O) groups is 2. The number of carbonyl (C=O) groups excluding carboxylic acids is 2. The summed E-state index contributed by atoms with van der Waals surface area (Å²) in [5.41, 5.74) is -1.98. The number of alkyl halides is 6. The van der Waals surface area contributed by atoms with Gasteiger partial charge in [0, 0.05) is 11.1 Å². The van der Waals surface area contributed by atoms with E-state index < -0.39 is 41.0 Å². The van der Waals surface area contributed by atoms with E-state index in [2.05, 4.69) is 15.6 Å². The summed E-state index contributed by atoms with van der Waals surface area (Å²) >= 11 is 0.912. The Kier molecular flexibility index (Phi) is 7.63. The molecule has 196 valence electrons. The molecule has 4 rings (SSSR count). The first-order chi connectivity index (χ1) is 17.9. The van der Waals surface area contributed by atoms with Crippen molar-refractivity contribution in [1.82, 2.24) is 4.98 Å². The maximum Gasteiger partial charge on any atom is 0.418 e. The standard InChI is InChI=1S/C26H17F6N3O2S/c27-25(28,29)15-6-5-7-16(12-15)33-22(36)14-38-23-13-18(17-8-1-3-10-20(17)34-23)24(37)35-21-11-4-2-9-19(21)26(30,31)32/h1-13H,14H2,(H,33,36)(H,35,37). The zero-order valence-corrected chi connectivity index (χ0v) is 20.0. The number of nitrogens with zero attached hydrogens (tertiary/aromatic N) is 1. The van der Waals surface area contributed by atoms with Crippen molar-refractivity contribution in [3.63, 3.8) is 0 Å². The van der Waals surface area contributed by atoms with Crippen LogP contribution in [-0.4, -0.2) is 22.6 Å². The molecule has 38 heavy (non-hydrogen) atoms. The number of pyridine rings is 1. The van der Waals surface area contributed by atoms with Crippen molar-refractivity contribution >= 4 is 45.9 Å². The van der Waals surface area contributed by atoms with Crippen molar-refractivity contribution in [2.24, 2.45) is 0 Å². The zero-order chi connectivity index (χ0) is 27.5. The lowest BCUT2D eigenvalue weighted by Crippen LogP contribution is -2.17. The number of hydrogen-bond donors (Lipinski definition) is 2. The second-order valence-corrected chi connectivity index (χ2v) is 8.93. The molecule has 0 saturated heterocycles. The van der Waals surface area contributed by atoms with E-state index in [1.807, 2.05) is 0 Å². The van der Waals surface area contributed by atoms with E-state index in [9.17, 15) is 35.9 Å². The topological polar surface area (TPSA) is 71.1 Å². The summed E-state index contributed by atoms with van der Waals surface area (Å²) in [6.07, 6.45) is -9.25. The van der Waals surface area contributed by atoms with E-state index in [1.165, 1.54) is 24.3 Å². The van der Waals surface area contributed by atoms with Crippen LogP contribution in [0.4, 0.5) is 37.7 Å². The van der Waals surface area contributed by atoms with E-state index in [0.29, 0.717) is 10.9 Å². The maximum atomic E-state index is 13.4. The summed E-state index contributed by atoms with van der Waals surface area (Å²) in [4.78, 5) is 29.8. The summed E-state index contributed by atoms with van der Waals surface area (Å²) in [6, 6.07) is 16.5. The highest BCUT2D eigenvalue weighted by Crippen LogP contribution is 2.35. The molecule has 0 aliphatic heterocycles. The molecule has 3 aromatic carbocycles. The molecule has 0 bridgehead atoms. The number of aromatic nitrogens is 1. The van der Waals surface area contributed by atoms with Gasteiger partial charge in [-0.25, -0.2) is 4.98 Å². The van der Waals surface area contributed by atoms with Gasteiger partial charge in [-0.2, -0.15) is 26.3 Å². The monoisotopic (exact) mass is 549 g/mol. The van der Waals surface area contributed by atoms with Crippen molar-refractivity contribution in [1.29, 1.82) is 0 Å². The fraction of sp³-hybridized carbons (Fsp3) is 0.115. The average molecular weight is 549 g/mol. The molecule has 2 N–H and O–H groups in total. The summed E-state index contributed by atoms with van der Waals surface area (Å²) in [5, 5.41) is 5.28. The van der Waals surface area contributed by atoms with Crippen LogP contribution in [0.2, 0.25) is 0 Å². The molecular formula is C26H17F6N3O2S. The van der Waals surface area contributed by atoms with Crippen LogP contribution in [0.5, 0.6) is 0 Å². The van der Waals surface area contributed by atoms with Crippen molar-refractivity contribution < 1.29 is 35.9 Å². The van der Waals surface area contributed by atoms with Gasteiger partial charge in [-0.15, -0.1) is 0 Å². The normalized spacial score (nSPS) is 11.8. The molecule has 1 aromatic heterocycles. The highest BCUT2D eigenvalue weighted by atomic mass is 32.2. The Bertz CT molecular complexity index is 1500. The first-order valence-electron chi connectivity index (χ1n) is 10.9. The van der Waals surface area contributed by atoms with Crippen LogP contribution in [0, 0.1) is 0 Å². The second kappa shape index (κ2) is 10.7. The molecule has 4 aromatic rings. The Morgan fingerprint density at radius 1 is 0.789 bits per heavy atom. The van der Waals surface area contributed by atoms with E-state index in [0.717, 1.165) is 42.1 Å². The van der Waals surface area contributed by atoms with Crippen LogP contribution in [0.25, 0.3) is 10.9 Å². The van der Waals surface area contributed by atoms with Crippen LogP contribution in [-0.2, 0) is 17.1 Å². The number of nitrogens with one attached hydrogen (secondary N) is 2. The van der Waals surface area contributed by atoms with Crippen molar-refractivity contribution in [2.75, 3.05) is 16.4 Å². The number of thioether (sulfide) groups is 1. The van der Waals surface area contributed by atoms with Crippen molar-refractivity contribution in [2.45, 2.75) is 17.4 Å². The van der Waals surface area contributed by atoms with Gasteiger partial charge >= 0.3 is 12.4 Å². The summed E-state index contributed by atoms with van der Waals surface area (Å²) in [7, 11) is 0. The van der Waals surface area contributed by atoms with Crippen LogP contribution in [0.1, 0.15) is 21.5 Å². The number of amides is 2. The van der Waals surface area contributed by atoms with Gasteiger partial charge in [0.05, 0.1) is 38.7 Å². The lowest BCUT2D eigenvalue weighted by atomic mass is 10.1. The zero-order valence-electron chi connectivity index (χ0n) is 19.2. The molecule has 0 aliphatic rings. The molecule has 0 spiro atoms. The molecule has 0 aliphatic carbocycles. The quantitative estimate of drug-likeness (QED) is 0.196. The van der Waals surface area contributed by atoms with Gasteiger partial charge in [0.2, 0.25) is 5.91 Å². The van der Waals surface area contributed by atoms with Crippen LogP contribution in [0.3, 0.4) is 0 Å². The van der Waals surface area contributed by atoms with Crippen LogP contribution >= 0.6 is 11.8 Å². The molecular weight excluding hydrogens is 532 g/mol. The smallest absolute Gasteiger partial charge is 0.325 e. The largest absolute Gasteiger partial charge is 0.418 e. The van der Waals surface area contributed by atoms with E-state index >= 15 is 0 Å². The number of benzene rings is 3. The Hall–Kier alpha value is -4.06. The summed E-state index contributed by atoms with van der Waals surface area (Å²) in [5.74, 6) is -1.68. The van der Waals surface area contributed by atoms with Crippen molar-refractivity contribution in [3.05, 3.63) is 95.6 Å². The molecule has 0 radical (unpaired) electrons. The predicted octanol–water partition coefficient (Wildman–Crippen LogP) is 7.26. The number of para-hydroxylation sites is 2. The highest BCUT2D eigenvalue weighted by Gasteiger charge is 2.34. The molecule has 0 fully saturated rings. The van der Waals surface area contributed by atoms with Crippen LogP contribution in [0.15, 0.2) is 83.9 Å².